The lowest BCUT2D eigenvalue weighted by atomic mass is 9.83. The summed E-state index contributed by atoms with van der Waals surface area (Å²) < 4.78 is 12.7. The highest BCUT2D eigenvalue weighted by Gasteiger charge is 2.41. The van der Waals surface area contributed by atoms with Crippen LogP contribution in [0.2, 0.25) is 0 Å². The number of aromatic nitrogens is 2. The van der Waals surface area contributed by atoms with Crippen molar-refractivity contribution in [1.29, 1.82) is 0 Å². The second-order valence-electron chi connectivity index (χ2n) is 9.86. The molecule has 1 aromatic heterocycles. The van der Waals surface area contributed by atoms with Crippen LogP contribution in [0.1, 0.15) is 60.3 Å². The highest BCUT2D eigenvalue weighted by molar-refractivity contribution is 5.97. The molecule has 8 heteroatoms. The van der Waals surface area contributed by atoms with Gasteiger partial charge in [-0.05, 0) is 37.8 Å². The van der Waals surface area contributed by atoms with Crippen LogP contribution >= 0.6 is 0 Å². The van der Waals surface area contributed by atoms with Gasteiger partial charge in [0.25, 0.3) is 5.91 Å². The molecule has 0 bridgehead atoms. The third-order valence-corrected chi connectivity index (χ3v) is 7.21. The molecule has 1 saturated heterocycles. The van der Waals surface area contributed by atoms with Gasteiger partial charge in [0.05, 0.1) is 18.2 Å². The summed E-state index contributed by atoms with van der Waals surface area (Å²) in [5.41, 5.74) is 1.56. The van der Waals surface area contributed by atoms with Crippen molar-refractivity contribution in [3.63, 3.8) is 0 Å². The van der Waals surface area contributed by atoms with Crippen LogP contribution in [0.15, 0.2) is 71.7 Å². The largest absolute Gasteiger partial charge is 0.419 e. The van der Waals surface area contributed by atoms with E-state index in [4.69, 9.17) is 9.47 Å². The normalized spacial score (nSPS) is 18.2. The first-order chi connectivity index (χ1) is 18.0. The molecule has 8 nitrogen and oxygen atoms in total. The van der Waals surface area contributed by atoms with E-state index in [2.05, 4.69) is 29.4 Å². The van der Waals surface area contributed by atoms with E-state index in [9.17, 15) is 14.4 Å². The number of fused-ring (bicyclic) bond motifs is 1. The van der Waals surface area contributed by atoms with Crippen molar-refractivity contribution in [3.05, 3.63) is 93.9 Å². The number of amides is 1. The minimum atomic E-state index is -0.583. The predicted octanol–water partition coefficient (Wildman–Crippen LogP) is 3.81. The number of nitrogens with zero attached hydrogens (tertiary/aromatic N) is 3. The zero-order chi connectivity index (χ0) is 25.9. The quantitative estimate of drug-likeness (QED) is 0.477. The third kappa shape index (κ3) is 4.93. The van der Waals surface area contributed by atoms with Crippen molar-refractivity contribution in [2.24, 2.45) is 5.92 Å². The van der Waals surface area contributed by atoms with E-state index in [-0.39, 0.29) is 41.3 Å². The molecule has 2 aliphatic heterocycles. The zero-order valence-corrected chi connectivity index (χ0v) is 21.1. The monoisotopic (exact) mass is 501 g/mol. The molecule has 0 aliphatic carbocycles. The first-order valence-electron chi connectivity index (χ1n) is 12.8. The molecule has 37 heavy (non-hydrogen) atoms. The molecular formula is C29H31N3O5. The summed E-state index contributed by atoms with van der Waals surface area (Å²) in [6.07, 6.45) is 2.19. The second kappa shape index (κ2) is 10.7. The summed E-state index contributed by atoms with van der Waals surface area (Å²) in [4.78, 5) is 41.5. The summed E-state index contributed by atoms with van der Waals surface area (Å²) >= 11 is 0. The Morgan fingerprint density at radius 1 is 0.973 bits per heavy atom. The van der Waals surface area contributed by atoms with Crippen LogP contribution in [-0.4, -0.2) is 52.4 Å². The van der Waals surface area contributed by atoms with Crippen molar-refractivity contribution in [1.82, 2.24) is 14.7 Å². The van der Waals surface area contributed by atoms with Crippen molar-refractivity contribution in [3.8, 4) is 5.75 Å². The molecule has 5 rings (SSSR count). The van der Waals surface area contributed by atoms with Gasteiger partial charge in [0.2, 0.25) is 11.2 Å². The van der Waals surface area contributed by atoms with E-state index in [1.807, 2.05) is 50.2 Å². The fourth-order valence-electron chi connectivity index (χ4n) is 5.26. The van der Waals surface area contributed by atoms with Crippen molar-refractivity contribution in [2.45, 2.75) is 44.7 Å². The van der Waals surface area contributed by atoms with Crippen LogP contribution in [0.4, 0.5) is 0 Å². The Hall–Kier alpha value is -3.78. The Bertz CT molecular complexity index is 1280. The number of ether oxygens (including phenoxy) is 2. The molecule has 192 valence electrons. The predicted molar refractivity (Wildman–Crippen MR) is 138 cm³/mol. The number of hydrogen-bond donors (Lipinski definition) is 0. The number of carbonyl (C=O) groups is 2. The van der Waals surface area contributed by atoms with Crippen LogP contribution in [0.25, 0.3) is 0 Å². The summed E-state index contributed by atoms with van der Waals surface area (Å²) in [5, 5.41) is 4.44. The number of rotatable bonds is 6. The Balaban J connectivity index is 1.65. The van der Waals surface area contributed by atoms with E-state index >= 15 is 0 Å². The molecule has 0 radical (unpaired) electrons. The molecule has 1 fully saturated rings. The van der Waals surface area contributed by atoms with Gasteiger partial charge in [-0.1, -0.05) is 60.7 Å². The van der Waals surface area contributed by atoms with E-state index in [1.54, 1.807) is 9.58 Å². The maximum Gasteiger partial charge on any atom is 0.314 e. The first-order valence-corrected chi connectivity index (χ1v) is 12.8. The number of esters is 1. The second-order valence-corrected chi connectivity index (χ2v) is 9.86. The van der Waals surface area contributed by atoms with Crippen LogP contribution in [0.5, 0.6) is 5.75 Å². The Labute approximate surface area is 215 Å². The van der Waals surface area contributed by atoms with Crippen molar-refractivity contribution in [2.75, 3.05) is 19.8 Å². The topological polar surface area (TPSA) is 90.7 Å². The maximum absolute atomic E-state index is 13.7. The average Bonchev–Trinajstić information content (AvgIpc) is 2.93. The van der Waals surface area contributed by atoms with Crippen LogP contribution in [0, 0.1) is 5.92 Å². The fourth-order valence-corrected chi connectivity index (χ4v) is 5.26. The minimum Gasteiger partial charge on any atom is -0.419 e. The Morgan fingerprint density at radius 2 is 1.57 bits per heavy atom. The van der Waals surface area contributed by atoms with E-state index in [0.717, 1.165) is 17.3 Å². The number of benzene rings is 2. The smallest absolute Gasteiger partial charge is 0.314 e. The van der Waals surface area contributed by atoms with Gasteiger partial charge < -0.3 is 14.4 Å². The highest BCUT2D eigenvalue weighted by atomic mass is 16.5. The van der Waals surface area contributed by atoms with Gasteiger partial charge in [0.15, 0.2) is 5.69 Å². The molecule has 2 aliphatic rings. The first kappa shape index (κ1) is 24.9. The molecular weight excluding hydrogens is 470 g/mol. The summed E-state index contributed by atoms with van der Waals surface area (Å²) in [5.74, 6) is -1.66. The Kier molecular flexibility index (Phi) is 7.19. The zero-order valence-electron chi connectivity index (χ0n) is 21.1. The molecule has 2 aromatic carbocycles. The standard InChI is InChI=1S/C29H31N3O5/c1-19(2)31-18-23(25(20-9-5-3-6-10-20)21-11-7-4-8-12-21)32-26(28(31)34)27(24(33)17-30-32)37-29(35)22-13-15-36-16-14-22/h3-12,17,19,22-23,25H,13-16,18H2,1-2H3/t23-/m1/s1. The summed E-state index contributed by atoms with van der Waals surface area (Å²) in [7, 11) is 0. The summed E-state index contributed by atoms with van der Waals surface area (Å²) in [6, 6.07) is 19.6. The van der Waals surface area contributed by atoms with E-state index in [0.29, 0.717) is 32.6 Å². The van der Waals surface area contributed by atoms with Gasteiger partial charge in [0.1, 0.15) is 0 Å². The highest BCUT2D eigenvalue weighted by Crippen LogP contribution is 2.40. The molecule has 1 atom stereocenters. The van der Waals surface area contributed by atoms with Crippen LogP contribution < -0.4 is 10.2 Å². The Morgan fingerprint density at radius 3 is 2.14 bits per heavy atom. The SMILES string of the molecule is CC(C)N1C[C@H](C(c2ccccc2)c2ccccc2)n2ncc(=O)c(OC(=O)C3CCOCC3)c2C1=O. The summed E-state index contributed by atoms with van der Waals surface area (Å²) in [6.45, 7) is 5.19. The van der Waals surface area contributed by atoms with E-state index in [1.165, 1.54) is 0 Å². The van der Waals surface area contributed by atoms with Gasteiger partial charge in [-0.25, -0.2) is 0 Å². The van der Waals surface area contributed by atoms with Gasteiger partial charge in [-0.2, -0.15) is 5.10 Å². The molecule has 1 amide bonds. The lowest BCUT2D eigenvalue weighted by Gasteiger charge is -2.41. The third-order valence-electron chi connectivity index (χ3n) is 7.21. The minimum absolute atomic E-state index is 0.0229. The van der Waals surface area contributed by atoms with Crippen molar-refractivity contribution >= 4 is 11.9 Å². The number of hydrogen-bond acceptors (Lipinski definition) is 6. The molecule has 0 saturated carbocycles. The van der Waals surface area contributed by atoms with Gasteiger partial charge in [-0.3, -0.25) is 19.1 Å². The van der Waals surface area contributed by atoms with Gasteiger partial charge >= 0.3 is 5.97 Å². The molecule has 3 aromatic rings. The molecule has 3 heterocycles. The van der Waals surface area contributed by atoms with Gasteiger partial charge in [-0.15, -0.1) is 0 Å². The number of carbonyl (C=O) groups excluding carboxylic acids is 2. The van der Waals surface area contributed by atoms with Crippen molar-refractivity contribution < 1.29 is 19.1 Å². The lowest BCUT2D eigenvalue weighted by molar-refractivity contribution is -0.142. The maximum atomic E-state index is 13.7. The molecule has 0 unspecified atom stereocenters. The molecule has 0 spiro atoms. The van der Waals surface area contributed by atoms with Crippen LogP contribution in [-0.2, 0) is 9.53 Å². The molecule has 0 N–H and O–H groups in total. The fraction of sp³-hybridized carbons (Fsp3) is 0.379. The lowest BCUT2D eigenvalue weighted by Crippen LogP contribution is -2.50. The van der Waals surface area contributed by atoms with Crippen LogP contribution in [0.3, 0.4) is 0 Å². The van der Waals surface area contributed by atoms with Gasteiger partial charge in [0, 0.05) is 31.7 Å². The van der Waals surface area contributed by atoms with E-state index < -0.39 is 11.4 Å². The average molecular weight is 502 g/mol.